The molecule has 138 valence electrons. The molecule has 4 atom stereocenters. The van der Waals surface area contributed by atoms with Gasteiger partial charge in [0.15, 0.2) is 0 Å². The summed E-state index contributed by atoms with van der Waals surface area (Å²) in [6, 6.07) is 8.30. The van der Waals surface area contributed by atoms with Gasteiger partial charge >= 0.3 is 11.9 Å². The molecule has 0 aliphatic carbocycles. The summed E-state index contributed by atoms with van der Waals surface area (Å²) in [6.07, 6.45) is 0.404. The molecule has 4 unspecified atom stereocenters. The molecule has 0 saturated carbocycles. The fourth-order valence-electron chi connectivity index (χ4n) is 3.29. The second kappa shape index (κ2) is 8.61. The highest BCUT2D eigenvalue weighted by Crippen LogP contribution is 2.60. The van der Waals surface area contributed by atoms with Crippen LogP contribution in [0.15, 0.2) is 30.3 Å². The maximum Gasteiger partial charge on any atom is 0.307 e. The first-order valence-electron chi connectivity index (χ1n) is 8.24. The molecule has 0 bridgehead atoms. The molecular weight excluding hydrogens is 347 g/mol. The largest absolute Gasteiger partial charge is 0.481 e. The molecule has 0 spiro atoms. The Labute approximate surface area is 146 Å². The van der Waals surface area contributed by atoms with Crippen molar-refractivity contribution in [1.29, 1.82) is 0 Å². The monoisotopic (exact) mass is 370 g/mol. The van der Waals surface area contributed by atoms with Crippen LogP contribution in [0.3, 0.4) is 0 Å². The fourth-order valence-corrected chi connectivity index (χ4v) is 5.86. The lowest BCUT2D eigenvalue weighted by atomic mass is 9.94. The van der Waals surface area contributed by atoms with Gasteiger partial charge in [-0.25, -0.2) is 0 Å². The quantitative estimate of drug-likeness (QED) is 0.571. The van der Waals surface area contributed by atoms with E-state index in [1.165, 1.54) is 0 Å². The van der Waals surface area contributed by atoms with Crippen LogP contribution in [0.5, 0.6) is 0 Å². The molecule has 0 radical (unpaired) electrons. The van der Waals surface area contributed by atoms with E-state index in [1.54, 1.807) is 30.3 Å². The van der Waals surface area contributed by atoms with E-state index in [2.05, 4.69) is 0 Å². The minimum Gasteiger partial charge on any atom is -0.481 e. The van der Waals surface area contributed by atoms with E-state index in [9.17, 15) is 24.2 Å². The number of carboxylic acid groups (broad SMARTS) is 2. The molecular formula is C17H23O7P. The van der Waals surface area contributed by atoms with Gasteiger partial charge in [0.2, 0.25) is 7.37 Å². The average Bonchev–Trinajstić information content (AvgIpc) is 3.03. The van der Waals surface area contributed by atoms with E-state index in [4.69, 9.17) is 9.84 Å². The molecule has 1 aromatic rings. The van der Waals surface area contributed by atoms with Gasteiger partial charge in [0.25, 0.3) is 0 Å². The fraction of sp³-hybridized carbons (Fsp3) is 0.529. The van der Waals surface area contributed by atoms with Crippen LogP contribution in [0.4, 0.5) is 0 Å². The standard InChI is InChI=1S/C17H23O7P/c18-15(19)9-8-14(17(20)21)16(12-5-2-1-3-6-12)25(22,23)11-13-7-4-10-24-13/h1-3,5-6,13-14,16H,4,7-11H2,(H,18,19)(H,20,21)(H,22,23). The molecule has 1 aromatic carbocycles. The van der Waals surface area contributed by atoms with Crippen LogP contribution < -0.4 is 0 Å². The summed E-state index contributed by atoms with van der Waals surface area (Å²) in [4.78, 5) is 33.4. The maximum atomic E-state index is 13.1. The molecule has 2 rings (SSSR count). The maximum absolute atomic E-state index is 13.1. The zero-order chi connectivity index (χ0) is 18.4. The Hall–Kier alpha value is -1.69. The van der Waals surface area contributed by atoms with Crippen molar-refractivity contribution in [3.8, 4) is 0 Å². The molecule has 7 nitrogen and oxygen atoms in total. The van der Waals surface area contributed by atoms with E-state index in [1.807, 2.05) is 0 Å². The minimum atomic E-state index is -3.94. The second-order valence-electron chi connectivity index (χ2n) is 6.31. The van der Waals surface area contributed by atoms with E-state index in [-0.39, 0.29) is 25.1 Å². The van der Waals surface area contributed by atoms with E-state index in [0.29, 0.717) is 18.6 Å². The summed E-state index contributed by atoms with van der Waals surface area (Å²) < 4.78 is 18.6. The predicted octanol–water partition coefficient (Wildman–Crippen LogP) is 2.74. The normalized spacial score (nSPS) is 22.0. The third-order valence-electron chi connectivity index (χ3n) is 4.43. The predicted molar refractivity (Wildman–Crippen MR) is 90.8 cm³/mol. The van der Waals surface area contributed by atoms with Gasteiger partial charge in [-0.1, -0.05) is 30.3 Å². The highest BCUT2D eigenvalue weighted by atomic mass is 31.2. The van der Waals surface area contributed by atoms with Crippen molar-refractivity contribution in [1.82, 2.24) is 0 Å². The third kappa shape index (κ3) is 5.39. The number of carbonyl (C=O) groups is 2. The van der Waals surface area contributed by atoms with Crippen molar-refractivity contribution >= 4 is 19.3 Å². The van der Waals surface area contributed by atoms with Gasteiger partial charge in [-0.05, 0) is 24.8 Å². The number of carboxylic acids is 2. The van der Waals surface area contributed by atoms with Crippen molar-refractivity contribution < 1.29 is 34.0 Å². The SMILES string of the molecule is O=C(O)CCC(C(=O)O)C(c1ccccc1)P(=O)(O)CC1CCCO1. The van der Waals surface area contributed by atoms with Crippen LogP contribution in [0.1, 0.15) is 36.9 Å². The van der Waals surface area contributed by atoms with Crippen LogP contribution in [0, 0.1) is 5.92 Å². The molecule has 0 amide bonds. The molecule has 1 fully saturated rings. The van der Waals surface area contributed by atoms with Crippen LogP contribution in [-0.4, -0.2) is 45.9 Å². The topological polar surface area (TPSA) is 121 Å². The highest BCUT2D eigenvalue weighted by molar-refractivity contribution is 7.58. The summed E-state index contributed by atoms with van der Waals surface area (Å²) in [5.74, 6) is -3.66. The third-order valence-corrected chi connectivity index (χ3v) is 6.89. The molecule has 1 aliphatic rings. The molecule has 1 heterocycles. The van der Waals surface area contributed by atoms with Gasteiger partial charge in [-0.3, -0.25) is 14.2 Å². The zero-order valence-corrected chi connectivity index (χ0v) is 14.7. The summed E-state index contributed by atoms with van der Waals surface area (Å²) in [7, 11) is -3.94. The number of hydrogen-bond donors (Lipinski definition) is 3. The molecule has 25 heavy (non-hydrogen) atoms. The van der Waals surface area contributed by atoms with Crippen molar-refractivity contribution in [2.45, 2.75) is 37.4 Å². The zero-order valence-electron chi connectivity index (χ0n) is 13.8. The lowest BCUT2D eigenvalue weighted by Gasteiger charge is -2.30. The van der Waals surface area contributed by atoms with Crippen LogP contribution in [0.2, 0.25) is 0 Å². The average molecular weight is 370 g/mol. The lowest BCUT2D eigenvalue weighted by molar-refractivity contribution is -0.143. The van der Waals surface area contributed by atoms with Crippen LogP contribution >= 0.6 is 7.37 Å². The smallest absolute Gasteiger partial charge is 0.307 e. The van der Waals surface area contributed by atoms with Gasteiger partial charge in [0.1, 0.15) is 0 Å². The minimum absolute atomic E-state index is 0.122. The van der Waals surface area contributed by atoms with Crippen molar-refractivity contribution in [2.24, 2.45) is 5.92 Å². The van der Waals surface area contributed by atoms with Crippen molar-refractivity contribution in [2.75, 3.05) is 12.8 Å². The number of benzene rings is 1. The Balaban J connectivity index is 2.35. The summed E-state index contributed by atoms with van der Waals surface area (Å²) in [6.45, 7) is 0.530. The van der Waals surface area contributed by atoms with Gasteiger partial charge < -0.3 is 19.8 Å². The van der Waals surface area contributed by atoms with E-state index in [0.717, 1.165) is 6.42 Å². The Bertz CT molecular complexity index is 640. The Morgan fingerprint density at radius 1 is 1.24 bits per heavy atom. The first kappa shape index (κ1) is 19.6. The highest BCUT2D eigenvalue weighted by Gasteiger charge is 2.43. The Morgan fingerprint density at radius 2 is 1.92 bits per heavy atom. The number of aliphatic carboxylic acids is 2. The molecule has 8 heteroatoms. The van der Waals surface area contributed by atoms with Crippen LogP contribution in [-0.2, 0) is 18.9 Å². The summed E-state index contributed by atoms with van der Waals surface area (Å²) in [5.41, 5.74) is -0.723. The van der Waals surface area contributed by atoms with Crippen LogP contribution in [0.25, 0.3) is 0 Å². The lowest BCUT2D eigenvalue weighted by Crippen LogP contribution is -2.26. The van der Waals surface area contributed by atoms with Gasteiger partial charge in [0.05, 0.1) is 23.8 Å². The Morgan fingerprint density at radius 3 is 2.44 bits per heavy atom. The molecule has 3 N–H and O–H groups in total. The van der Waals surface area contributed by atoms with Gasteiger partial charge in [0, 0.05) is 13.0 Å². The Kier molecular flexibility index (Phi) is 6.76. The first-order valence-corrected chi connectivity index (χ1v) is 10.2. The van der Waals surface area contributed by atoms with Crippen molar-refractivity contribution in [3.05, 3.63) is 35.9 Å². The molecule has 1 aliphatic heterocycles. The summed E-state index contributed by atoms with van der Waals surface area (Å²) in [5, 5.41) is 18.5. The number of rotatable bonds is 9. The van der Waals surface area contributed by atoms with E-state index >= 15 is 0 Å². The summed E-state index contributed by atoms with van der Waals surface area (Å²) >= 11 is 0. The number of ether oxygens (including phenoxy) is 1. The molecule has 1 saturated heterocycles. The van der Waals surface area contributed by atoms with Gasteiger partial charge in [-0.2, -0.15) is 0 Å². The molecule has 0 aromatic heterocycles. The number of hydrogen-bond acceptors (Lipinski definition) is 4. The van der Waals surface area contributed by atoms with E-state index < -0.39 is 30.9 Å². The second-order valence-corrected chi connectivity index (χ2v) is 8.74. The van der Waals surface area contributed by atoms with Gasteiger partial charge in [-0.15, -0.1) is 0 Å². The van der Waals surface area contributed by atoms with Crippen molar-refractivity contribution in [3.63, 3.8) is 0 Å². The first-order chi connectivity index (χ1) is 11.8.